The number of amides is 4. The van der Waals surface area contributed by atoms with E-state index in [1.165, 1.54) is 0 Å². The van der Waals surface area contributed by atoms with Crippen LogP contribution in [0.15, 0.2) is 53.7 Å². The number of urea groups is 1. The molecular weight excluding hydrogens is 384 g/mol. The van der Waals surface area contributed by atoms with Crippen molar-refractivity contribution in [2.75, 3.05) is 20.2 Å². The van der Waals surface area contributed by atoms with Crippen molar-refractivity contribution in [3.05, 3.63) is 54.3 Å². The summed E-state index contributed by atoms with van der Waals surface area (Å²) >= 11 is 0. The lowest BCUT2D eigenvalue weighted by Gasteiger charge is -2.28. The number of methoxy groups -OCH3 is 1. The molecule has 0 spiro atoms. The quantitative estimate of drug-likeness (QED) is 0.737. The summed E-state index contributed by atoms with van der Waals surface area (Å²) in [6, 6.07) is 5.19. The summed E-state index contributed by atoms with van der Waals surface area (Å²) in [6.45, 7) is 0.472. The molecule has 1 aliphatic heterocycles. The number of H-pyrrole nitrogens is 1. The number of hydrogen-bond donors (Lipinski definition) is 2. The predicted molar refractivity (Wildman–Crippen MR) is 112 cm³/mol. The standard InChI is InChI=1S/C22H22N4O4/c1-30-15-6-7-16-14(13-24-19(16)12-15)8-10-23-20(27)9-11-26-21(28)17-4-2-3-5-18(17)25-22(26)29/h2-7,12-13,17,24H,8-11H2,1H3,(H,23,27). The number of aliphatic imine (C=N–C) groups is 1. The van der Waals surface area contributed by atoms with Crippen LogP contribution in [0.4, 0.5) is 4.79 Å². The van der Waals surface area contributed by atoms with Gasteiger partial charge in [0.25, 0.3) is 0 Å². The maximum Gasteiger partial charge on any atom is 0.350 e. The molecule has 0 radical (unpaired) electrons. The topological polar surface area (TPSA) is 104 Å². The lowest BCUT2D eigenvalue weighted by atomic mass is 9.95. The van der Waals surface area contributed by atoms with E-state index in [4.69, 9.17) is 4.74 Å². The van der Waals surface area contributed by atoms with E-state index in [1.807, 2.05) is 24.4 Å². The number of rotatable bonds is 7. The number of hydrogen-bond acceptors (Lipinski definition) is 4. The van der Waals surface area contributed by atoms with Gasteiger partial charge in [-0.1, -0.05) is 18.2 Å². The molecule has 1 aromatic carbocycles. The lowest BCUT2D eigenvalue weighted by Crippen LogP contribution is -2.47. The first-order chi connectivity index (χ1) is 14.6. The molecular formula is C22H22N4O4. The smallest absolute Gasteiger partial charge is 0.350 e. The number of fused-ring (bicyclic) bond motifs is 2. The van der Waals surface area contributed by atoms with Gasteiger partial charge in [-0.3, -0.25) is 14.5 Å². The van der Waals surface area contributed by atoms with Crippen LogP contribution in [0, 0.1) is 5.92 Å². The number of carbonyl (C=O) groups is 3. The van der Waals surface area contributed by atoms with E-state index in [-0.39, 0.29) is 24.8 Å². The van der Waals surface area contributed by atoms with Crippen LogP contribution in [-0.4, -0.2) is 53.6 Å². The van der Waals surface area contributed by atoms with Gasteiger partial charge in [0.15, 0.2) is 0 Å². The van der Waals surface area contributed by atoms with Gasteiger partial charge in [-0.2, -0.15) is 4.99 Å². The number of imide groups is 1. The molecule has 2 aliphatic rings. The average molecular weight is 406 g/mol. The van der Waals surface area contributed by atoms with Gasteiger partial charge in [-0.05, 0) is 30.2 Å². The van der Waals surface area contributed by atoms with Gasteiger partial charge in [-0.15, -0.1) is 0 Å². The minimum Gasteiger partial charge on any atom is -0.497 e. The Kier molecular flexibility index (Phi) is 5.47. The minimum absolute atomic E-state index is 0.0151. The van der Waals surface area contributed by atoms with Gasteiger partial charge < -0.3 is 15.0 Å². The lowest BCUT2D eigenvalue weighted by molar-refractivity contribution is -0.130. The first-order valence-electron chi connectivity index (χ1n) is 9.76. The molecule has 0 bridgehead atoms. The minimum atomic E-state index is -0.617. The summed E-state index contributed by atoms with van der Waals surface area (Å²) < 4.78 is 5.22. The molecule has 0 fully saturated rings. The van der Waals surface area contributed by atoms with E-state index >= 15 is 0 Å². The normalized spacial score (nSPS) is 17.8. The van der Waals surface area contributed by atoms with Gasteiger partial charge in [-0.25, -0.2) is 4.79 Å². The van der Waals surface area contributed by atoms with Crippen LogP contribution in [0.5, 0.6) is 5.75 Å². The number of aromatic amines is 1. The number of nitrogens with one attached hydrogen (secondary N) is 2. The van der Waals surface area contributed by atoms with E-state index in [1.54, 1.807) is 31.4 Å². The Labute approximate surface area is 173 Å². The molecule has 1 atom stereocenters. The van der Waals surface area contributed by atoms with Gasteiger partial charge in [0.2, 0.25) is 11.8 Å². The summed E-state index contributed by atoms with van der Waals surface area (Å²) in [5, 5.41) is 3.93. The molecule has 0 saturated carbocycles. The molecule has 1 unspecified atom stereocenters. The highest BCUT2D eigenvalue weighted by Crippen LogP contribution is 2.23. The SMILES string of the molecule is COc1ccc2c(CCNC(=O)CCN3C(=O)N=C4C=CC=CC4C3=O)c[nH]c2c1. The zero-order chi connectivity index (χ0) is 21.1. The van der Waals surface area contributed by atoms with E-state index in [2.05, 4.69) is 15.3 Å². The van der Waals surface area contributed by atoms with Crippen molar-refractivity contribution in [1.82, 2.24) is 15.2 Å². The van der Waals surface area contributed by atoms with Crippen molar-refractivity contribution in [3.8, 4) is 5.75 Å². The fraction of sp³-hybridized carbons (Fsp3) is 0.273. The van der Waals surface area contributed by atoms with Crippen molar-refractivity contribution in [2.24, 2.45) is 10.9 Å². The Bertz CT molecular complexity index is 1100. The van der Waals surface area contributed by atoms with Crippen molar-refractivity contribution in [3.63, 3.8) is 0 Å². The summed E-state index contributed by atoms with van der Waals surface area (Å²) in [5.41, 5.74) is 2.52. The molecule has 8 heteroatoms. The Morgan fingerprint density at radius 2 is 2.17 bits per heavy atom. The summed E-state index contributed by atoms with van der Waals surface area (Å²) in [7, 11) is 1.62. The second kappa shape index (κ2) is 8.36. The Balaban J connectivity index is 1.28. The first kappa shape index (κ1) is 19.6. The van der Waals surface area contributed by atoms with E-state index in [0.717, 1.165) is 27.1 Å². The summed E-state index contributed by atoms with van der Waals surface area (Å²) in [6.07, 6.45) is 9.48. The molecule has 154 valence electrons. The summed E-state index contributed by atoms with van der Waals surface area (Å²) in [4.78, 5) is 45.1. The predicted octanol–water partition coefficient (Wildman–Crippen LogP) is 2.37. The third kappa shape index (κ3) is 3.89. The van der Waals surface area contributed by atoms with Gasteiger partial charge in [0, 0.05) is 42.7 Å². The van der Waals surface area contributed by atoms with Crippen LogP contribution >= 0.6 is 0 Å². The van der Waals surface area contributed by atoms with Crippen LogP contribution in [0.3, 0.4) is 0 Å². The molecule has 2 aromatic rings. The molecule has 2 N–H and O–H groups in total. The fourth-order valence-electron chi connectivity index (χ4n) is 3.62. The molecule has 1 aliphatic carbocycles. The monoisotopic (exact) mass is 406 g/mol. The number of nitrogens with zero attached hydrogens (tertiary/aromatic N) is 2. The Morgan fingerprint density at radius 3 is 3.00 bits per heavy atom. The van der Waals surface area contributed by atoms with Crippen LogP contribution in [-0.2, 0) is 16.0 Å². The highest BCUT2D eigenvalue weighted by atomic mass is 16.5. The third-order valence-electron chi connectivity index (χ3n) is 5.24. The zero-order valence-corrected chi connectivity index (χ0v) is 16.6. The maximum absolute atomic E-state index is 12.5. The van der Waals surface area contributed by atoms with E-state index in [0.29, 0.717) is 18.7 Å². The average Bonchev–Trinajstić information content (AvgIpc) is 3.15. The summed E-state index contributed by atoms with van der Waals surface area (Å²) in [5.74, 6) is -0.322. The van der Waals surface area contributed by atoms with Gasteiger partial charge >= 0.3 is 6.03 Å². The highest BCUT2D eigenvalue weighted by Gasteiger charge is 2.35. The second-order valence-electron chi connectivity index (χ2n) is 7.11. The van der Waals surface area contributed by atoms with Crippen molar-refractivity contribution in [1.29, 1.82) is 0 Å². The molecule has 0 saturated heterocycles. The number of allylic oxidation sites excluding steroid dienone is 3. The number of benzene rings is 1. The van der Waals surface area contributed by atoms with Crippen LogP contribution in [0.1, 0.15) is 12.0 Å². The van der Waals surface area contributed by atoms with Crippen LogP contribution < -0.4 is 10.1 Å². The molecule has 4 rings (SSSR count). The largest absolute Gasteiger partial charge is 0.497 e. The fourth-order valence-corrected chi connectivity index (χ4v) is 3.62. The molecule has 30 heavy (non-hydrogen) atoms. The molecule has 4 amide bonds. The van der Waals surface area contributed by atoms with Crippen LogP contribution in [0.25, 0.3) is 10.9 Å². The maximum atomic E-state index is 12.5. The Hall–Kier alpha value is -3.68. The van der Waals surface area contributed by atoms with E-state index in [9.17, 15) is 14.4 Å². The second-order valence-corrected chi connectivity index (χ2v) is 7.11. The van der Waals surface area contributed by atoms with Crippen molar-refractivity contribution in [2.45, 2.75) is 12.8 Å². The molecule has 8 nitrogen and oxygen atoms in total. The number of ether oxygens (including phenoxy) is 1. The Morgan fingerprint density at radius 1 is 1.30 bits per heavy atom. The zero-order valence-electron chi connectivity index (χ0n) is 16.6. The number of aromatic nitrogens is 1. The van der Waals surface area contributed by atoms with Crippen molar-refractivity contribution < 1.29 is 19.1 Å². The van der Waals surface area contributed by atoms with Gasteiger partial charge in [0.1, 0.15) is 5.75 Å². The first-order valence-corrected chi connectivity index (χ1v) is 9.76. The number of carbonyl (C=O) groups excluding carboxylic acids is 3. The van der Waals surface area contributed by atoms with Gasteiger partial charge in [0.05, 0.1) is 18.7 Å². The highest BCUT2D eigenvalue weighted by molar-refractivity contribution is 6.21. The third-order valence-corrected chi connectivity index (χ3v) is 5.24. The molecule has 2 heterocycles. The molecule has 1 aromatic heterocycles. The van der Waals surface area contributed by atoms with Crippen LogP contribution in [0.2, 0.25) is 0 Å². The van der Waals surface area contributed by atoms with Crippen molar-refractivity contribution >= 4 is 34.5 Å². The van der Waals surface area contributed by atoms with E-state index < -0.39 is 11.9 Å².